The Morgan fingerprint density at radius 1 is 1.26 bits per heavy atom. The summed E-state index contributed by atoms with van der Waals surface area (Å²) in [7, 11) is 0. The van der Waals surface area contributed by atoms with Gasteiger partial charge in [-0.05, 0) is 30.7 Å². The maximum absolute atomic E-state index is 12.2. The van der Waals surface area contributed by atoms with Gasteiger partial charge in [-0.25, -0.2) is 0 Å². The van der Waals surface area contributed by atoms with Crippen molar-refractivity contribution in [2.45, 2.75) is 17.9 Å². The van der Waals surface area contributed by atoms with Crippen molar-refractivity contribution < 1.29 is 4.79 Å². The van der Waals surface area contributed by atoms with Gasteiger partial charge in [-0.3, -0.25) is 4.79 Å². The maximum atomic E-state index is 12.2. The smallest absolute Gasteiger partial charge is 0.185 e. The predicted octanol–water partition coefficient (Wildman–Crippen LogP) is 5.56. The Bertz CT molecular complexity index is 580. The van der Waals surface area contributed by atoms with Gasteiger partial charge in [0.25, 0.3) is 0 Å². The number of thioether (sulfide) groups is 1. The van der Waals surface area contributed by atoms with Gasteiger partial charge in [-0.2, -0.15) is 0 Å². The Hall–Kier alpha value is -0.480. The molecule has 0 fully saturated rings. The van der Waals surface area contributed by atoms with Crippen LogP contribution in [0.5, 0.6) is 0 Å². The first-order valence-electron chi connectivity index (χ1n) is 5.72. The third-order valence-electron chi connectivity index (χ3n) is 2.63. The summed E-state index contributed by atoms with van der Waals surface area (Å²) in [5.41, 5.74) is 1.05. The van der Waals surface area contributed by atoms with E-state index in [1.54, 1.807) is 23.9 Å². The molecule has 0 radical (unpaired) electrons. The minimum Gasteiger partial charge on any atom is -0.292 e. The number of ketones is 1. The topological polar surface area (TPSA) is 17.1 Å². The number of carbonyl (C=O) groups excluding carboxylic acids is 1. The normalized spacial score (nSPS) is 12.4. The fraction of sp³-hybridized carbons (Fsp3) is 0.214. The van der Waals surface area contributed by atoms with Crippen molar-refractivity contribution in [1.82, 2.24) is 0 Å². The molecular formula is C14H12Cl2OS2. The van der Waals surface area contributed by atoms with Gasteiger partial charge >= 0.3 is 0 Å². The van der Waals surface area contributed by atoms with Crippen LogP contribution in [-0.4, -0.2) is 11.0 Å². The van der Waals surface area contributed by atoms with E-state index in [1.807, 2.05) is 31.2 Å². The molecule has 5 heteroatoms. The van der Waals surface area contributed by atoms with Crippen LogP contribution in [0.25, 0.3) is 0 Å². The second-order valence-corrected chi connectivity index (χ2v) is 7.46. The Labute approximate surface area is 130 Å². The van der Waals surface area contributed by atoms with Crippen molar-refractivity contribution in [2.24, 2.45) is 0 Å². The monoisotopic (exact) mass is 330 g/mol. The molecular weight excluding hydrogens is 319 g/mol. The van der Waals surface area contributed by atoms with Gasteiger partial charge in [-0.15, -0.1) is 23.1 Å². The van der Waals surface area contributed by atoms with Gasteiger partial charge in [-0.1, -0.05) is 41.4 Å². The van der Waals surface area contributed by atoms with E-state index in [4.69, 9.17) is 23.2 Å². The maximum Gasteiger partial charge on any atom is 0.185 e. The lowest BCUT2D eigenvalue weighted by molar-refractivity contribution is 0.0998. The summed E-state index contributed by atoms with van der Waals surface area (Å²) in [6.45, 7) is 1.91. The molecule has 100 valence electrons. The van der Waals surface area contributed by atoms with Crippen molar-refractivity contribution in [3.63, 3.8) is 0 Å². The third-order valence-corrected chi connectivity index (χ3v) is 5.44. The third kappa shape index (κ3) is 3.99. The molecule has 1 heterocycles. The van der Waals surface area contributed by atoms with E-state index in [2.05, 4.69) is 0 Å². The number of thiophene rings is 1. The first-order chi connectivity index (χ1) is 9.08. The van der Waals surface area contributed by atoms with E-state index in [0.29, 0.717) is 9.21 Å². The number of Topliss-reactive ketones (excluding diaryl/α,β-unsaturated/α-hetero) is 1. The van der Waals surface area contributed by atoms with Crippen molar-refractivity contribution in [3.8, 4) is 0 Å². The average molecular weight is 331 g/mol. The predicted molar refractivity (Wildman–Crippen MR) is 85.9 cm³/mol. The highest BCUT2D eigenvalue weighted by Crippen LogP contribution is 2.28. The summed E-state index contributed by atoms with van der Waals surface area (Å²) in [4.78, 5) is 12.9. The van der Waals surface area contributed by atoms with Crippen LogP contribution < -0.4 is 0 Å². The van der Waals surface area contributed by atoms with Crippen LogP contribution in [0, 0.1) is 0 Å². The van der Waals surface area contributed by atoms with Crippen LogP contribution >= 0.6 is 46.3 Å². The molecule has 0 saturated carbocycles. The molecule has 1 atom stereocenters. The number of hydrogen-bond donors (Lipinski definition) is 0. The lowest BCUT2D eigenvalue weighted by Gasteiger charge is -2.09. The van der Waals surface area contributed by atoms with Crippen LogP contribution in [0.15, 0.2) is 36.4 Å². The van der Waals surface area contributed by atoms with Crippen LogP contribution in [-0.2, 0) is 5.75 Å². The Kier molecular flexibility index (Phi) is 5.34. The van der Waals surface area contributed by atoms with Crippen LogP contribution in [0.4, 0.5) is 0 Å². The molecule has 0 bridgehead atoms. The quantitative estimate of drug-likeness (QED) is 0.667. The molecule has 0 aliphatic carbocycles. The van der Waals surface area contributed by atoms with Gasteiger partial charge in [0.05, 0.1) is 14.5 Å². The number of benzene rings is 1. The molecule has 0 N–H and O–H groups in total. The Balaban J connectivity index is 1.96. The first-order valence-corrected chi connectivity index (χ1v) is 8.34. The van der Waals surface area contributed by atoms with Crippen molar-refractivity contribution in [2.75, 3.05) is 0 Å². The number of rotatable bonds is 5. The zero-order valence-corrected chi connectivity index (χ0v) is 13.4. The highest BCUT2D eigenvalue weighted by Gasteiger charge is 2.17. The van der Waals surface area contributed by atoms with E-state index in [9.17, 15) is 4.79 Å². The summed E-state index contributed by atoms with van der Waals surface area (Å²) >= 11 is 14.8. The summed E-state index contributed by atoms with van der Waals surface area (Å²) in [6, 6.07) is 11.2. The summed E-state index contributed by atoms with van der Waals surface area (Å²) < 4.78 is 0.645. The second kappa shape index (κ2) is 6.80. The van der Waals surface area contributed by atoms with Gasteiger partial charge < -0.3 is 0 Å². The van der Waals surface area contributed by atoms with Crippen LogP contribution in [0.2, 0.25) is 9.36 Å². The van der Waals surface area contributed by atoms with Gasteiger partial charge in [0.2, 0.25) is 0 Å². The molecule has 1 unspecified atom stereocenters. The summed E-state index contributed by atoms with van der Waals surface area (Å²) in [6.07, 6.45) is 0. The average Bonchev–Trinajstić information content (AvgIpc) is 2.83. The molecule has 0 spiro atoms. The molecule has 0 saturated heterocycles. The zero-order valence-electron chi connectivity index (χ0n) is 10.2. The summed E-state index contributed by atoms with van der Waals surface area (Å²) in [5, 5.41) is 0.639. The van der Waals surface area contributed by atoms with Crippen LogP contribution in [0.3, 0.4) is 0 Å². The molecule has 1 aromatic carbocycles. The van der Waals surface area contributed by atoms with Gasteiger partial charge in [0.15, 0.2) is 5.78 Å². The Morgan fingerprint density at radius 3 is 2.63 bits per heavy atom. The van der Waals surface area contributed by atoms with E-state index in [1.165, 1.54) is 11.3 Å². The zero-order chi connectivity index (χ0) is 13.8. The highest BCUT2D eigenvalue weighted by atomic mass is 35.5. The molecule has 19 heavy (non-hydrogen) atoms. The number of halogens is 2. The van der Waals surface area contributed by atoms with Crippen molar-refractivity contribution >= 4 is 52.1 Å². The Morgan fingerprint density at radius 2 is 2.00 bits per heavy atom. The van der Waals surface area contributed by atoms with Gasteiger partial charge in [0, 0.05) is 10.8 Å². The summed E-state index contributed by atoms with van der Waals surface area (Å²) in [5.74, 6) is 0.847. The van der Waals surface area contributed by atoms with Crippen molar-refractivity contribution in [1.29, 1.82) is 0 Å². The van der Waals surface area contributed by atoms with E-state index in [0.717, 1.165) is 16.3 Å². The number of carbonyl (C=O) groups is 1. The van der Waals surface area contributed by atoms with Crippen molar-refractivity contribution in [3.05, 3.63) is 56.2 Å². The largest absolute Gasteiger partial charge is 0.292 e. The standard InChI is InChI=1S/C14H12Cl2OS2/c1-9(14(17)12-6-7-13(16)19-12)18-8-10-4-2-3-5-11(10)15/h2-7,9H,8H2,1H3. The fourth-order valence-electron chi connectivity index (χ4n) is 1.55. The van der Waals surface area contributed by atoms with E-state index >= 15 is 0 Å². The molecule has 1 nitrogen and oxygen atoms in total. The van der Waals surface area contributed by atoms with Gasteiger partial charge in [0.1, 0.15) is 0 Å². The highest BCUT2D eigenvalue weighted by molar-refractivity contribution is 7.99. The van der Waals surface area contributed by atoms with E-state index < -0.39 is 0 Å². The first kappa shape index (κ1) is 14.9. The fourth-order valence-corrected chi connectivity index (χ4v) is 3.94. The molecule has 1 aromatic heterocycles. The lowest BCUT2D eigenvalue weighted by Crippen LogP contribution is -2.12. The second-order valence-electron chi connectivity index (χ2n) is 4.01. The lowest BCUT2D eigenvalue weighted by atomic mass is 10.2. The SMILES string of the molecule is CC(SCc1ccccc1Cl)C(=O)c1ccc(Cl)s1. The number of hydrogen-bond acceptors (Lipinski definition) is 3. The minimum absolute atomic E-state index is 0.106. The molecule has 0 aliphatic heterocycles. The van der Waals surface area contributed by atoms with E-state index in [-0.39, 0.29) is 11.0 Å². The molecule has 0 aliphatic rings. The molecule has 2 rings (SSSR count). The molecule has 2 aromatic rings. The minimum atomic E-state index is -0.106. The molecule has 0 amide bonds. The van der Waals surface area contributed by atoms with Crippen LogP contribution in [0.1, 0.15) is 22.2 Å².